The minimum atomic E-state index is 0.363. The molecular weight excluding hydrogens is 1240 g/mol. The van der Waals surface area contributed by atoms with Crippen LogP contribution in [0, 0.1) is 13.8 Å². The molecule has 14 aromatic rings. The lowest BCUT2D eigenvalue weighted by Crippen LogP contribution is -2.04. The summed E-state index contributed by atoms with van der Waals surface area (Å²) in [6.07, 6.45) is 12.3. The number of nitrogens with zero attached hydrogens (tertiary/aromatic N) is 7. The zero-order chi connectivity index (χ0) is 68.1. The molecule has 6 heterocycles. The van der Waals surface area contributed by atoms with E-state index in [1.165, 1.54) is 0 Å². The molecule has 0 radical (unpaired) electrons. The molecular formula is C85H83N9O6. The molecule has 15 nitrogen and oxygen atoms in total. The quantitative estimate of drug-likeness (QED) is 0.0432. The molecule has 2 aliphatic heterocycles. The summed E-state index contributed by atoms with van der Waals surface area (Å²) in [5, 5.41) is 15.9. The van der Waals surface area contributed by atoms with Crippen LogP contribution >= 0.6 is 0 Å². The highest BCUT2D eigenvalue weighted by Crippen LogP contribution is 2.56. The topological polar surface area (TPSA) is 177 Å². The van der Waals surface area contributed by atoms with Crippen molar-refractivity contribution in [3.8, 4) is 80.0 Å². The summed E-state index contributed by atoms with van der Waals surface area (Å²) < 4.78 is 43.5. The van der Waals surface area contributed by atoms with Gasteiger partial charge in [0.2, 0.25) is 0 Å². The van der Waals surface area contributed by atoms with Gasteiger partial charge in [-0.2, -0.15) is 0 Å². The number of nitrogens with one attached hydrogen (secondary N) is 2. The number of aryl methyl sites for hydroxylation is 2. The Hall–Kier alpha value is -10.7. The van der Waals surface area contributed by atoms with E-state index in [-0.39, 0.29) is 0 Å². The molecule has 0 amide bonds. The van der Waals surface area contributed by atoms with E-state index in [2.05, 4.69) is 181 Å². The Labute approximate surface area is 580 Å². The maximum atomic E-state index is 7.29. The standard InChI is InChI=1S/C85H83N9O6/c1-9-15-36-95-72-58-43-51-29-22-21-28-50(51)42-57(58)49(8)64-65(72)80-87-79(64)90-83-68-67(73(96-37-16-10-2)59-44-52-30-23-24-31-53(52)45-60(59)74(68)97-38-17-11-3)82(93-83)89-78-63-48(7)56-34-27-35-86-71(56)77(100-41-20-14-6)66(63)81(88-78)92-85-70-69(84(91-80)94-85)75(98-39-18-12-4)61-46-54-32-25-26-33-55(54)47-62(61)76(70)99-40-19-13-5/h21-35,42-47H,9-20,36-41H2,1-8H3,(H2,87,88,89,90,91,92,93,94). The summed E-state index contributed by atoms with van der Waals surface area (Å²) in [5.41, 5.74) is 7.23. The fraction of sp³-hybridized carbons (Fsp3) is 0.306. The summed E-state index contributed by atoms with van der Waals surface area (Å²) >= 11 is 0. The fourth-order valence-electron chi connectivity index (χ4n) is 14.7. The van der Waals surface area contributed by atoms with Gasteiger partial charge in [-0.25, -0.2) is 29.9 Å². The first kappa shape index (κ1) is 64.0. The number of aromatic nitrogens is 9. The number of unbranched alkanes of at least 4 members (excludes halogenated alkanes) is 6. The number of H-pyrrole nitrogens is 2. The average Bonchev–Trinajstić information content (AvgIpc) is 1.52. The summed E-state index contributed by atoms with van der Waals surface area (Å²) in [6, 6.07) is 43.0. The minimum absolute atomic E-state index is 0.363. The van der Waals surface area contributed by atoms with Gasteiger partial charge in [0.1, 0.15) is 56.9 Å². The van der Waals surface area contributed by atoms with Gasteiger partial charge in [-0.3, -0.25) is 4.98 Å². The molecule has 100 heavy (non-hydrogen) atoms. The SMILES string of the molecule is CCCCOc1c2c(c(OCCCC)c3cc4ccccc4cc13)-c1nc-2nc2[nH]c(nc3nc(nc4[nH]c(n1)c1c(C)c5cccnc5c(OCCCC)c41)-c1c-3c(OCCCC)c3cc4ccccc4cc3c1OCCCC)c1c(OCCCC)c3cc4ccccc4cc3c(C)c21. The van der Waals surface area contributed by atoms with Crippen molar-refractivity contribution in [1.82, 2.24) is 44.9 Å². The molecule has 10 aromatic carbocycles. The van der Waals surface area contributed by atoms with Gasteiger partial charge < -0.3 is 38.4 Å². The number of pyridine rings is 1. The lowest BCUT2D eigenvalue weighted by molar-refractivity contribution is 0.308. The van der Waals surface area contributed by atoms with Crippen molar-refractivity contribution in [2.24, 2.45) is 0 Å². The third-order valence-corrected chi connectivity index (χ3v) is 19.9. The van der Waals surface area contributed by atoms with Crippen LogP contribution in [0.2, 0.25) is 0 Å². The number of hydrogen-bond acceptors (Lipinski definition) is 13. The van der Waals surface area contributed by atoms with Gasteiger partial charge >= 0.3 is 0 Å². The second-order valence-corrected chi connectivity index (χ2v) is 26.7. The van der Waals surface area contributed by atoms with E-state index in [4.69, 9.17) is 63.3 Å². The van der Waals surface area contributed by atoms with Crippen molar-refractivity contribution in [3.63, 3.8) is 0 Å². The zero-order valence-corrected chi connectivity index (χ0v) is 58.4. The second-order valence-electron chi connectivity index (χ2n) is 26.7. The molecule has 504 valence electrons. The average molecular weight is 1330 g/mol. The van der Waals surface area contributed by atoms with Crippen LogP contribution in [0.3, 0.4) is 0 Å². The van der Waals surface area contributed by atoms with E-state index in [0.717, 1.165) is 174 Å². The van der Waals surface area contributed by atoms with Crippen LogP contribution < -0.4 is 28.4 Å². The highest BCUT2D eigenvalue weighted by atomic mass is 16.5. The van der Waals surface area contributed by atoms with Crippen LogP contribution in [0.25, 0.3) is 165 Å². The molecule has 0 unspecified atom stereocenters. The molecule has 16 rings (SSSR count). The van der Waals surface area contributed by atoms with Gasteiger partial charge in [-0.05, 0) is 144 Å². The van der Waals surface area contributed by atoms with E-state index in [1.807, 2.05) is 12.3 Å². The van der Waals surface area contributed by atoms with Crippen molar-refractivity contribution in [2.45, 2.75) is 132 Å². The summed E-state index contributed by atoms with van der Waals surface area (Å²) in [7, 11) is 0. The smallest absolute Gasteiger partial charge is 0.168 e. The first-order chi connectivity index (χ1) is 49.2. The summed E-state index contributed by atoms with van der Waals surface area (Å²) in [4.78, 5) is 48.0. The first-order valence-corrected chi connectivity index (χ1v) is 36.3. The molecule has 0 aliphatic carbocycles. The molecule has 0 fully saturated rings. The molecule has 0 saturated carbocycles. The number of hydrogen-bond donors (Lipinski definition) is 2. The summed E-state index contributed by atoms with van der Waals surface area (Å²) in [5.74, 6) is 5.34. The van der Waals surface area contributed by atoms with Crippen LogP contribution in [0.5, 0.6) is 34.5 Å². The van der Waals surface area contributed by atoms with Crippen LogP contribution in [0.1, 0.15) is 130 Å². The van der Waals surface area contributed by atoms with Crippen LogP contribution in [0.4, 0.5) is 0 Å². The molecule has 2 aliphatic rings. The molecule has 0 spiro atoms. The normalized spacial score (nSPS) is 12.1. The largest absolute Gasteiger partial charge is 0.492 e. The number of aromatic amines is 2. The van der Waals surface area contributed by atoms with Crippen LogP contribution in [-0.2, 0) is 0 Å². The predicted octanol–water partition coefficient (Wildman–Crippen LogP) is 22.0. The van der Waals surface area contributed by atoms with Gasteiger partial charge in [-0.15, -0.1) is 0 Å². The Balaban J connectivity index is 1.16. The predicted molar refractivity (Wildman–Crippen MR) is 408 cm³/mol. The van der Waals surface area contributed by atoms with Gasteiger partial charge in [0.05, 0.1) is 72.7 Å². The number of rotatable bonds is 24. The van der Waals surface area contributed by atoms with E-state index in [0.29, 0.717) is 153 Å². The van der Waals surface area contributed by atoms with E-state index < -0.39 is 0 Å². The van der Waals surface area contributed by atoms with E-state index >= 15 is 0 Å². The third kappa shape index (κ3) is 11.0. The van der Waals surface area contributed by atoms with Crippen molar-refractivity contribution >= 4 is 120 Å². The fourth-order valence-corrected chi connectivity index (χ4v) is 14.7. The van der Waals surface area contributed by atoms with Crippen molar-refractivity contribution in [1.29, 1.82) is 0 Å². The minimum Gasteiger partial charge on any atom is -0.492 e. The Morgan fingerprint density at radius 2 is 0.570 bits per heavy atom. The molecule has 0 atom stereocenters. The van der Waals surface area contributed by atoms with Crippen molar-refractivity contribution in [2.75, 3.05) is 39.6 Å². The third-order valence-electron chi connectivity index (χ3n) is 19.9. The van der Waals surface area contributed by atoms with Crippen LogP contribution in [-0.4, -0.2) is 84.5 Å². The lowest BCUT2D eigenvalue weighted by atomic mass is 9.95. The van der Waals surface area contributed by atoms with Gasteiger partial charge in [-0.1, -0.05) is 159 Å². The Kier molecular flexibility index (Phi) is 17.4. The summed E-state index contributed by atoms with van der Waals surface area (Å²) in [6.45, 7) is 20.1. The maximum absolute atomic E-state index is 7.29. The Morgan fingerprint density at radius 3 is 0.910 bits per heavy atom. The van der Waals surface area contributed by atoms with Gasteiger partial charge in [0, 0.05) is 49.3 Å². The molecule has 0 saturated heterocycles. The van der Waals surface area contributed by atoms with Crippen LogP contribution in [0.15, 0.2) is 128 Å². The number of fused-ring (bicyclic) bond motifs is 27. The van der Waals surface area contributed by atoms with Gasteiger partial charge in [0.25, 0.3) is 0 Å². The zero-order valence-electron chi connectivity index (χ0n) is 58.4. The Bertz CT molecular complexity index is 5780. The van der Waals surface area contributed by atoms with Crippen molar-refractivity contribution in [3.05, 3.63) is 139 Å². The number of ether oxygens (including phenoxy) is 6. The van der Waals surface area contributed by atoms with E-state index in [9.17, 15) is 0 Å². The molecule has 15 heteroatoms. The molecule has 2 N–H and O–H groups in total. The molecule has 4 aromatic heterocycles. The molecule has 8 bridgehead atoms. The monoisotopic (exact) mass is 1330 g/mol. The van der Waals surface area contributed by atoms with Crippen molar-refractivity contribution < 1.29 is 28.4 Å². The first-order valence-electron chi connectivity index (χ1n) is 36.3. The highest BCUT2D eigenvalue weighted by molar-refractivity contribution is 6.22. The lowest BCUT2D eigenvalue weighted by Gasteiger charge is -2.19. The maximum Gasteiger partial charge on any atom is 0.168 e. The highest BCUT2D eigenvalue weighted by Gasteiger charge is 2.36. The Morgan fingerprint density at radius 1 is 0.290 bits per heavy atom. The number of benzene rings is 10. The second kappa shape index (κ2) is 27.2. The van der Waals surface area contributed by atoms with E-state index in [1.54, 1.807) is 0 Å². The van der Waals surface area contributed by atoms with Gasteiger partial charge in [0.15, 0.2) is 29.0 Å².